The molecule has 0 aliphatic rings. The summed E-state index contributed by atoms with van der Waals surface area (Å²) in [6.07, 6.45) is 8.93. The Balaban J connectivity index is 1.86. The molecule has 118 valence electrons. The second-order valence-corrected chi connectivity index (χ2v) is 5.06. The molecule has 3 aromatic heterocycles. The van der Waals surface area contributed by atoms with Gasteiger partial charge in [-0.25, -0.2) is 9.97 Å². The van der Waals surface area contributed by atoms with E-state index in [0.717, 1.165) is 17.0 Å². The predicted molar refractivity (Wildman–Crippen MR) is 85.7 cm³/mol. The number of amides is 1. The molecule has 1 amide bonds. The number of aromatic nitrogens is 5. The lowest BCUT2D eigenvalue weighted by Crippen LogP contribution is -2.13. The van der Waals surface area contributed by atoms with Gasteiger partial charge in [0.1, 0.15) is 11.6 Å². The van der Waals surface area contributed by atoms with E-state index in [2.05, 4.69) is 25.4 Å². The van der Waals surface area contributed by atoms with E-state index in [0.29, 0.717) is 24.3 Å². The molecule has 0 unspecified atom stereocenters. The molecule has 8 heteroatoms. The normalized spacial score (nSPS) is 10.7. The summed E-state index contributed by atoms with van der Waals surface area (Å²) >= 11 is 0. The first-order valence-corrected chi connectivity index (χ1v) is 7.16. The van der Waals surface area contributed by atoms with Crippen molar-refractivity contribution in [3.8, 4) is 11.4 Å². The molecule has 3 aromatic rings. The highest BCUT2D eigenvalue weighted by molar-refractivity contribution is 6.03. The predicted octanol–water partition coefficient (Wildman–Crippen LogP) is 0.959. The van der Waals surface area contributed by atoms with Crippen LogP contribution in [0.4, 0.5) is 5.82 Å². The monoisotopic (exact) mass is 311 g/mol. The van der Waals surface area contributed by atoms with Crippen LogP contribution in [0.5, 0.6) is 0 Å². The number of H-pyrrole nitrogens is 1. The Morgan fingerprint density at radius 1 is 1.39 bits per heavy atom. The summed E-state index contributed by atoms with van der Waals surface area (Å²) < 4.78 is 1.57. The van der Waals surface area contributed by atoms with Crippen molar-refractivity contribution in [2.45, 2.75) is 6.42 Å². The van der Waals surface area contributed by atoms with Crippen molar-refractivity contribution in [2.24, 2.45) is 12.8 Å². The quantitative estimate of drug-likeness (QED) is 0.649. The lowest BCUT2D eigenvalue weighted by Gasteiger charge is -2.09. The molecule has 0 spiro atoms. The number of carbonyl (C=O) groups is 1. The van der Waals surface area contributed by atoms with Gasteiger partial charge in [-0.15, -0.1) is 0 Å². The fourth-order valence-electron chi connectivity index (χ4n) is 2.28. The summed E-state index contributed by atoms with van der Waals surface area (Å²) in [4.78, 5) is 23.7. The molecule has 0 fully saturated rings. The molecular weight excluding hydrogens is 294 g/mol. The molecule has 0 bridgehead atoms. The smallest absolute Gasteiger partial charge is 0.260 e. The number of aryl methyl sites for hydroxylation is 1. The van der Waals surface area contributed by atoms with Crippen LogP contribution in [0.3, 0.4) is 0 Å². The highest BCUT2D eigenvalue weighted by Crippen LogP contribution is 2.22. The standard InChI is InChI=1S/C15H17N7O/c1-22-9-11(7-20-22)15(23)21-13-6-10(2-3-16)12(8-19-13)14-17-4-5-18-14/h4-9H,2-3,16H2,1H3,(H,17,18)(H,19,21,23). The minimum absolute atomic E-state index is 0.255. The molecule has 0 saturated carbocycles. The van der Waals surface area contributed by atoms with E-state index < -0.39 is 0 Å². The largest absolute Gasteiger partial charge is 0.345 e. The van der Waals surface area contributed by atoms with Gasteiger partial charge in [-0.2, -0.15) is 5.10 Å². The molecule has 0 aromatic carbocycles. The number of nitrogens with one attached hydrogen (secondary N) is 2. The number of pyridine rings is 1. The van der Waals surface area contributed by atoms with Crippen LogP contribution in [-0.4, -0.2) is 37.2 Å². The minimum atomic E-state index is -0.255. The highest BCUT2D eigenvalue weighted by atomic mass is 16.1. The maximum Gasteiger partial charge on any atom is 0.260 e. The number of hydrogen-bond donors (Lipinski definition) is 3. The first kappa shape index (κ1) is 14.9. The summed E-state index contributed by atoms with van der Waals surface area (Å²) in [6.45, 7) is 0.494. The van der Waals surface area contributed by atoms with Crippen molar-refractivity contribution in [1.82, 2.24) is 24.7 Å². The van der Waals surface area contributed by atoms with Gasteiger partial charge in [0.2, 0.25) is 0 Å². The van der Waals surface area contributed by atoms with Gasteiger partial charge in [-0.3, -0.25) is 9.48 Å². The third-order valence-electron chi connectivity index (χ3n) is 3.37. The van der Waals surface area contributed by atoms with Crippen LogP contribution in [0.1, 0.15) is 15.9 Å². The van der Waals surface area contributed by atoms with E-state index in [1.54, 1.807) is 36.5 Å². The topological polar surface area (TPSA) is 115 Å². The van der Waals surface area contributed by atoms with Gasteiger partial charge in [0, 0.05) is 37.4 Å². The zero-order valence-corrected chi connectivity index (χ0v) is 12.7. The molecular formula is C15H17N7O. The van der Waals surface area contributed by atoms with Crippen molar-refractivity contribution >= 4 is 11.7 Å². The number of carbonyl (C=O) groups excluding carboxylic acids is 1. The van der Waals surface area contributed by atoms with Gasteiger partial charge in [-0.1, -0.05) is 0 Å². The molecule has 8 nitrogen and oxygen atoms in total. The van der Waals surface area contributed by atoms with Crippen LogP contribution in [0.15, 0.2) is 37.1 Å². The van der Waals surface area contributed by atoms with Gasteiger partial charge >= 0.3 is 0 Å². The fraction of sp³-hybridized carbons (Fsp3) is 0.200. The molecule has 0 aliphatic carbocycles. The number of anilines is 1. The van der Waals surface area contributed by atoms with Gasteiger partial charge in [-0.05, 0) is 24.6 Å². The summed E-state index contributed by atoms with van der Waals surface area (Å²) in [6, 6.07) is 1.82. The van der Waals surface area contributed by atoms with E-state index in [-0.39, 0.29) is 5.91 Å². The average Bonchev–Trinajstić information content (AvgIpc) is 3.19. The Labute approximate surface area is 132 Å². The van der Waals surface area contributed by atoms with Crippen LogP contribution in [0.25, 0.3) is 11.4 Å². The van der Waals surface area contributed by atoms with Crippen molar-refractivity contribution in [3.63, 3.8) is 0 Å². The zero-order valence-electron chi connectivity index (χ0n) is 12.7. The SMILES string of the molecule is Cn1cc(C(=O)Nc2cc(CCN)c(-c3ncc[nH]3)cn2)cn1. The number of nitrogens with two attached hydrogens (primary N) is 1. The maximum atomic E-state index is 12.2. The van der Waals surface area contributed by atoms with Crippen LogP contribution in [0, 0.1) is 0 Å². The van der Waals surface area contributed by atoms with Crippen molar-refractivity contribution in [1.29, 1.82) is 0 Å². The molecule has 0 saturated heterocycles. The molecule has 0 radical (unpaired) electrons. The molecule has 0 atom stereocenters. The molecule has 4 N–H and O–H groups in total. The van der Waals surface area contributed by atoms with Gasteiger partial charge < -0.3 is 16.0 Å². The number of nitrogens with zero attached hydrogens (tertiary/aromatic N) is 4. The fourth-order valence-corrected chi connectivity index (χ4v) is 2.28. The van der Waals surface area contributed by atoms with E-state index in [1.807, 2.05) is 6.07 Å². The Bertz CT molecular complexity index is 807. The first-order valence-electron chi connectivity index (χ1n) is 7.16. The highest BCUT2D eigenvalue weighted by Gasteiger charge is 2.12. The number of aromatic amines is 1. The summed E-state index contributed by atoms with van der Waals surface area (Å²) in [5, 5.41) is 6.75. The molecule has 0 aliphatic heterocycles. The van der Waals surface area contributed by atoms with Crippen LogP contribution < -0.4 is 11.1 Å². The number of hydrogen-bond acceptors (Lipinski definition) is 5. The maximum absolute atomic E-state index is 12.2. The second kappa shape index (κ2) is 6.41. The van der Waals surface area contributed by atoms with E-state index >= 15 is 0 Å². The molecule has 3 rings (SSSR count). The van der Waals surface area contributed by atoms with Gasteiger partial charge in [0.25, 0.3) is 5.91 Å². The Morgan fingerprint density at radius 2 is 2.26 bits per heavy atom. The molecule has 3 heterocycles. The minimum Gasteiger partial charge on any atom is -0.345 e. The first-order chi connectivity index (χ1) is 11.2. The van der Waals surface area contributed by atoms with E-state index in [1.165, 1.54) is 6.20 Å². The van der Waals surface area contributed by atoms with Crippen LogP contribution in [0.2, 0.25) is 0 Å². The van der Waals surface area contributed by atoms with Crippen LogP contribution in [-0.2, 0) is 13.5 Å². The van der Waals surface area contributed by atoms with Crippen molar-refractivity contribution in [3.05, 3.63) is 48.2 Å². The van der Waals surface area contributed by atoms with Gasteiger partial charge in [0.15, 0.2) is 0 Å². The summed E-state index contributed by atoms with van der Waals surface area (Å²) in [7, 11) is 1.76. The summed E-state index contributed by atoms with van der Waals surface area (Å²) in [5.41, 5.74) is 8.00. The lowest BCUT2D eigenvalue weighted by atomic mass is 10.1. The third kappa shape index (κ3) is 3.27. The van der Waals surface area contributed by atoms with Gasteiger partial charge in [0.05, 0.1) is 11.8 Å². The van der Waals surface area contributed by atoms with Crippen LogP contribution >= 0.6 is 0 Å². The second-order valence-electron chi connectivity index (χ2n) is 5.06. The Kier molecular flexibility index (Phi) is 4.15. The zero-order chi connectivity index (χ0) is 16.2. The van der Waals surface area contributed by atoms with E-state index in [9.17, 15) is 4.79 Å². The van der Waals surface area contributed by atoms with Crippen molar-refractivity contribution in [2.75, 3.05) is 11.9 Å². The average molecular weight is 311 g/mol. The Hall–Kier alpha value is -3.00. The number of rotatable bonds is 5. The van der Waals surface area contributed by atoms with Crippen molar-refractivity contribution < 1.29 is 4.79 Å². The van der Waals surface area contributed by atoms with E-state index in [4.69, 9.17) is 5.73 Å². The molecule has 23 heavy (non-hydrogen) atoms. The Morgan fingerprint density at radius 3 is 2.91 bits per heavy atom. The number of imidazole rings is 1. The lowest BCUT2D eigenvalue weighted by molar-refractivity contribution is 0.102. The summed E-state index contributed by atoms with van der Waals surface area (Å²) in [5.74, 6) is 0.943. The third-order valence-corrected chi connectivity index (χ3v) is 3.37.